The molecule has 2 amide bonds. The molecule has 8 heteroatoms. The monoisotopic (exact) mass is 469 g/mol. The fourth-order valence-electron chi connectivity index (χ4n) is 4.06. The number of benzene rings is 2. The first-order valence-corrected chi connectivity index (χ1v) is 11.3. The number of carbonyl (C=O) groups is 2. The molecule has 172 valence electrons. The van der Waals surface area contributed by atoms with Crippen LogP contribution in [0.1, 0.15) is 20.3 Å². The molecule has 0 radical (unpaired) electrons. The molecule has 0 spiro atoms. The third-order valence-electron chi connectivity index (χ3n) is 5.84. The molecule has 2 aromatic carbocycles. The number of amides is 2. The van der Waals surface area contributed by atoms with Crippen molar-refractivity contribution in [2.24, 2.45) is 0 Å². The molecule has 2 heterocycles. The normalized spacial score (nSPS) is 14.9. The van der Waals surface area contributed by atoms with Gasteiger partial charge in [0.05, 0.1) is 10.5 Å². The Morgan fingerprint density at radius 1 is 1.06 bits per heavy atom. The Kier molecular flexibility index (Phi) is 6.79. The van der Waals surface area contributed by atoms with Gasteiger partial charge < -0.3 is 14.5 Å². The van der Waals surface area contributed by atoms with E-state index in [1.165, 1.54) is 12.1 Å². The van der Waals surface area contributed by atoms with Gasteiger partial charge in [0.15, 0.2) is 6.10 Å². The maximum Gasteiger partial charge on any atom is 0.263 e. The predicted octanol–water partition coefficient (Wildman–Crippen LogP) is 4.54. The Balaban J connectivity index is 1.48. The highest BCUT2D eigenvalue weighted by atomic mass is 35.5. The largest absolute Gasteiger partial charge is 0.481 e. The predicted molar refractivity (Wildman–Crippen MR) is 126 cm³/mol. The Labute approximate surface area is 196 Å². The Morgan fingerprint density at radius 3 is 2.48 bits per heavy atom. The SMILES string of the molecule is CCC(=O)N1CCN(C(=O)[C@@H](C)Oc2ccc3c(-c4ccc(F)cc4Cl)ccnc3c2)CC1. The molecular weight excluding hydrogens is 445 g/mol. The van der Waals surface area contributed by atoms with E-state index in [4.69, 9.17) is 16.3 Å². The lowest BCUT2D eigenvalue weighted by Gasteiger charge is -2.35. The lowest BCUT2D eigenvalue weighted by Crippen LogP contribution is -2.53. The third kappa shape index (κ3) is 4.93. The number of piperazine rings is 1. The summed E-state index contributed by atoms with van der Waals surface area (Å²) in [5.41, 5.74) is 2.22. The lowest BCUT2D eigenvalue weighted by molar-refractivity contribution is -0.143. The van der Waals surface area contributed by atoms with Crippen LogP contribution in [-0.2, 0) is 9.59 Å². The summed E-state index contributed by atoms with van der Waals surface area (Å²) in [5.74, 6) is 0.127. The highest BCUT2D eigenvalue weighted by Crippen LogP contribution is 2.34. The van der Waals surface area contributed by atoms with Crippen LogP contribution in [-0.4, -0.2) is 58.9 Å². The average Bonchev–Trinajstić information content (AvgIpc) is 2.82. The minimum atomic E-state index is -0.675. The van der Waals surface area contributed by atoms with Gasteiger partial charge in [-0.1, -0.05) is 18.5 Å². The molecule has 1 fully saturated rings. The van der Waals surface area contributed by atoms with Crippen molar-refractivity contribution >= 4 is 34.3 Å². The molecule has 33 heavy (non-hydrogen) atoms. The third-order valence-corrected chi connectivity index (χ3v) is 6.16. The van der Waals surface area contributed by atoms with E-state index in [0.717, 1.165) is 10.9 Å². The number of carbonyl (C=O) groups excluding carboxylic acids is 2. The fraction of sp³-hybridized carbons (Fsp3) is 0.320. The Hall–Kier alpha value is -3.19. The van der Waals surface area contributed by atoms with Gasteiger partial charge in [0.2, 0.25) is 5.91 Å². The smallest absolute Gasteiger partial charge is 0.263 e. The minimum Gasteiger partial charge on any atom is -0.481 e. The van der Waals surface area contributed by atoms with Gasteiger partial charge in [0.1, 0.15) is 11.6 Å². The number of hydrogen-bond acceptors (Lipinski definition) is 4. The molecule has 0 saturated carbocycles. The standard InChI is InChI=1S/C25H25ClFN3O3/c1-3-24(31)29-10-12-30(13-11-29)25(32)16(2)33-18-5-7-21-19(8-9-28-23(21)15-18)20-6-4-17(27)14-22(20)26/h4-9,14-16H,3,10-13H2,1-2H3/t16-/m1/s1. The highest BCUT2D eigenvalue weighted by molar-refractivity contribution is 6.33. The van der Waals surface area contributed by atoms with Crippen LogP contribution in [0.3, 0.4) is 0 Å². The van der Waals surface area contributed by atoms with Gasteiger partial charge in [-0.05, 0) is 48.9 Å². The Bertz CT molecular complexity index is 1190. The summed E-state index contributed by atoms with van der Waals surface area (Å²) in [6.07, 6.45) is 1.45. The Morgan fingerprint density at radius 2 is 1.79 bits per heavy atom. The molecule has 6 nitrogen and oxygen atoms in total. The van der Waals surface area contributed by atoms with Crippen molar-refractivity contribution in [1.29, 1.82) is 0 Å². The molecular formula is C25H25ClFN3O3. The molecule has 4 rings (SSSR count). The first-order chi connectivity index (χ1) is 15.9. The second-order valence-electron chi connectivity index (χ2n) is 7.98. The second-order valence-corrected chi connectivity index (χ2v) is 8.39. The summed E-state index contributed by atoms with van der Waals surface area (Å²) in [6.45, 7) is 5.64. The van der Waals surface area contributed by atoms with Crippen LogP contribution in [0.5, 0.6) is 5.75 Å². The van der Waals surface area contributed by atoms with Gasteiger partial charge in [-0.25, -0.2) is 4.39 Å². The van der Waals surface area contributed by atoms with Crippen LogP contribution < -0.4 is 4.74 Å². The van der Waals surface area contributed by atoms with Crippen LogP contribution in [0.25, 0.3) is 22.0 Å². The van der Waals surface area contributed by atoms with Crippen LogP contribution >= 0.6 is 11.6 Å². The molecule has 0 bridgehead atoms. The number of halogens is 2. The molecule has 1 atom stereocenters. The van der Waals surface area contributed by atoms with Gasteiger partial charge in [-0.3, -0.25) is 14.6 Å². The van der Waals surface area contributed by atoms with Gasteiger partial charge in [-0.2, -0.15) is 0 Å². The lowest BCUT2D eigenvalue weighted by atomic mass is 10.0. The van der Waals surface area contributed by atoms with Crippen LogP contribution in [0, 0.1) is 5.82 Å². The summed E-state index contributed by atoms with van der Waals surface area (Å²) in [5, 5.41) is 1.16. The van der Waals surface area contributed by atoms with Crippen molar-refractivity contribution in [1.82, 2.24) is 14.8 Å². The maximum atomic E-state index is 13.5. The van der Waals surface area contributed by atoms with Crippen LogP contribution in [0.2, 0.25) is 5.02 Å². The summed E-state index contributed by atoms with van der Waals surface area (Å²) in [4.78, 5) is 32.6. The first kappa shape index (κ1) is 23.0. The van der Waals surface area contributed by atoms with E-state index >= 15 is 0 Å². The van der Waals surface area contributed by atoms with Gasteiger partial charge in [0, 0.05) is 55.8 Å². The summed E-state index contributed by atoms with van der Waals surface area (Å²) < 4.78 is 19.4. The zero-order chi connectivity index (χ0) is 23.5. The number of pyridine rings is 1. The number of nitrogens with zero attached hydrogens (tertiary/aromatic N) is 3. The molecule has 3 aromatic rings. The molecule has 0 unspecified atom stereocenters. The first-order valence-electron chi connectivity index (χ1n) is 10.9. The van der Waals surface area contributed by atoms with Gasteiger partial charge >= 0.3 is 0 Å². The van der Waals surface area contributed by atoms with Gasteiger partial charge in [0.25, 0.3) is 5.91 Å². The second kappa shape index (κ2) is 9.75. The highest BCUT2D eigenvalue weighted by Gasteiger charge is 2.27. The summed E-state index contributed by atoms with van der Waals surface area (Å²) in [7, 11) is 0. The van der Waals surface area contributed by atoms with Crippen molar-refractivity contribution in [3.05, 3.63) is 59.5 Å². The number of fused-ring (bicyclic) bond motifs is 1. The van der Waals surface area contributed by atoms with E-state index in [0.29, 0.717) is 54.5 Å². The molecule has 1 aromatic heterocycles. The van der Waals surface area contributed by atoms with Crippen molar-refractivity contribution < 1.29 is 18.7 Å². The topological polar surface area (TPSA) is 62.7 Å². The van der Waals surface area contributed by atoms with E-state index in [1.807, 2.05) is 19.1 Å². The summed E-state index contributed by atoms with van der Waals surface area (Å²) in [6, 6.07) is 11.5. The number of rotatable bonds is 5. The van der Waals surface area contributed by atoms with Crippen LogP contribution in [0.4, 0.5) is 4.39 Å². The zero-order valence-corrected chi connectivity index (χ0v) is 19.3. The molecule has 1 aliphatic rings. The summed E-state index contributed by atoms with van der Waals surface area (Å²) >= 11 is 6.26. The van der Waals surface area contributed by atoms with E-state index in [9.17, 15) is 14.0 Å². The van der Waals surface area contributed by atoms with E-state index < -0.39 is 11.9 Å². The number of hydrogen-bond donors (Lipinski definition) is 0. The fourth-order valence-corrected chi connectivity index (χ4v) is 4.32. The molecule has 0 N–H and O–H groups in total. The minimum absolute atomic E-state index is 0.108. The average molecular weight is 470 g/mol. The van der Waals surface area contributed by atoms with Crippen LogP contribution in [0.15, 0.2) is 48.7 Å². The van der Waals surface area contributed by atoms with E-state index in [2.05, 4.69) is 4.98 Å². The molecule has 0 aliphatic carbocycles. The van der Waals surface area contributed by atoms with Crippen molar-refractivity contribution in [3.63, 3.8) is 0 Å². The number of ether oxygens (including phenoxy) is 1. The van der Waals surface area contributed by atoms with Crippen molar-refractivity contribution in [2.75, 3.05) is 26.2 Å². The van der Waals surface area contributed by atoms with Crippen molar-refractivity contribution in [2.45, 2.75) is 26.4 Å². The van der Waals surface area contributed by atoms with E-state index in [-0.39, 0.29) is 11.8 Å². The molecule has 1 saturated heterocycles. The van der Waals surface area contributed by atoms with Gasteiger partial charge in [-0.15, -0.1) is 0 Å². The van der Waals surface area contributed by atoms with Crippen molar-refractivity contribution in [3.8, 4) is 16.9 Å². The van der Waals surface area contributed by atoms with E-state index in [1.54, 1.807) is 41.1 Å². The number of aromatic nitrogens is 1. The quantitative estimate of drug-likeness (QED) is 0.550. The molecule has 1 aliphatic heterocycles. The zero-order valence-electron chi connectivity index (χ0n) is 18.6. The maximum absolute atomic E-state index is 13.5.